The summed E-state index contributed by atoms with van der Waals surface area (Å²) < 4.78 is 0. The normalized spacial score (nSPS) is 17.5. The maximum atomic E-state index is 4.49. The lowest BCUT2D eigenvalue weighted by Crippen LogP contribution is -2.48. The second-order valence-corrected chi connectivity index (χ2v) is 7.20. The van der Waals surface area contributed by atoms with Gasteiger partial charge in [-0.1, -0.05) is 60.4 Å². The third-order valence-corrected chi connectivity index (χ3v) is 5.49. The standard InChI is InChI=1S/C22H21N3S/c1-3-8-19(9-4-1)10-7-14-24-15-16-25(22-23-13-17-26-22)18-21(24)20-11-5-2-6-12-20/h1-6,8-9,11-13,17,21H,14-16,18H2. The SMILES string of the molecule is C(#Cc1ccccc1)CN1CCN(c2nccs2)CC1c1ccccc1. The first-order valence-corrected chi connectivity index (χ1v) is 9.75. The number of piperazine rings is 1. The van der Waals surface area contributed by atoms with Crippen molar-refractivity contribution >= 4 is 16.5 Å². The number of aromatic nitrogens is 1. The minimum Gasteiger partial charge on any atom is -0.345 e. The van der Waals surface area contributed by atoms with Crippen LogP contribution in [0.25, 0.3) is 0 Å². The fourth-order valence-corrected chi connectivity index (χ4v) is 3.99. The number of anilines is 1. The minimum absolute atomic E-state index is 0.332. The third kappa shape index (κ3) is 3.96. The summed E-state index contributed by atoms with van der Waals surface area (Å²) in [6.07, 6.45) is 1.88. The van der Waals surface area contributed by atoms with Crippen molar-refractivity contribution in [1.29, 1.82) is 0 Å². The topological polar surface area (TPSA) is 19.4 Å². The minimum atomic E-state index is 0.332. The molecule has 0 amide bonds. The largest absolute Gasteiger partial charge is 0.345 e. The molecule has 26 heavy (non-hydrogen) atoms. The van der Waals surface area contributed by atoms with E-state index in [1.165, 1.54) is 5.56 Å². The van der Waals surface area contributed by atoms with Gasteiger partial charge in [-0.2, -0.15) is 0 Å². The molecule has 1 saturated heterocycles. The Morgan fingerprint density at radius 2 is 1.77 bits per heavy atom. The van der Waals surface area contributed by atoms with Crippen LogP contribution in [0.2, 0.25) is 0 Å². The molecule has 1 atom stereocenters. The molecule has 3 nitrogen and oxygen atoms in total. The molecule has 1 aromatic heterocycles. The summed E-state index contributed by atoms with van der Waals surface area (Å²) in [4.78, 5) is 9.37. The number of hydrogen-bond donors (Lipinski definition) is 0. The molecule has 0 saturated carbocycles. The first kappa shape index (κ1) is 16.8. The van der Waals surface area contributed by atoms with Crippen molar-refractivity contribution in [3.63, 3.8) is 0 Å². The Labute approximate surface area is 158 Å². The molecule has 3 aromatic rings. The highest BCUT2D eigenvalue weighted by Crippen LogP contribution is 2.29. The Morgan fingerprint density at radius 1 is 1.00 bits per heavy atom. The first-order chi connectivity index (χ1) is 12.9. The van der Waals surface area contributed by atoms with Crippen LogP contribution in [0.5, 0.6) is 0 Å². The highest BCUT2D eigenvalue weighted by Gasteiger charge is 2.28. The van der Waals surface area contributed by atoms with Gasteiger partial charge in [-0.3, -0.25) is 4.90 Å². The smallest absolute Gasteiger partial charge is 0.185 e. The molecule has 1 unspecified atom stereocenters. The molecule has 0 N–H and O–H groups in total. The highest BCUT2D eigenvalue weighted by atomic mass is 32.1. The van der Waals surface area contributed by atoms with Gasteiger partial charge in [0.1, 0.15) is 0 Å². The Bertz CT molecular complexity index is 866. The first-order valence-electron chi connectivity index (χ1n) is 8.87. The van der Waals surface area contributed by atoms with Gasteiger partial charge >= 0.3 is 0 Å². The average molecular weight is 359 g/mol. The average Bonchev–Trinajstić information content (AvgIpc) is 3.25. The lowest BCUT2D eigenvalue weighted by molar-refractivity contribution is 0.200. The summed E-state index contributed by atoms with van der Waals surface area (Å²) >= 11 is 1.71. The van der Waals surface area contributed by atoms with E-state index in [0.29, 0.717) is 6.04 Å². The van der Waals surface area contributed by atoms with Crippen LogP contribution < -0.4 is 4.90 Å². The van der Waals surface area contributed by atoms with Crippen LogP contribution in [-0.2, 0) is 0 Å². The molecule has 2 aromatic carbocycles. The number of nitrogens with zero attached hydrogens (tertiary/aromatic N) is 3. The summed E-state index contributed by atoms with van der Waals surface area (Å²) in [5.41, 5.74) is 2.42. The van der Waals surface area contributed by atoms with E-state index in [0.717, 1.165) is 36.9 Å². The maximum absolute atomic E-state index is 4.49. The van der Waals surface area contributed by atoms with E-state index in [1.54, 1.807) is 11.3 Å². The Kier molecular flexibility index (Phi) is 5.30. The van der Waals surface area contributed by atoms with Crippen LogP contribution in [0.4, 0.5) is 5.13 Å². The molecule has 4 heteroatoms. The predicted octanol–water partition coefficient (Wildman–Crippen LogP) is 4.06. The molecule has 4 rings (SSSR count). The predicted molar refractivity (Wildman–Crippen MR) is 108 cm³/mol. The second-order valence-electron chi connectivity index (χ2n) is 6.33. The summed E-state index contributed by atoms with van der Waals surface area (Å²) in [6.45, 7) is 3.71. The molecule has 0 bridgehead atoms. The van der Waals surface area contributed by atoms with Gasteiger partial charge in [0.25, 0.3) is 0 Å². The van der Waals surface area contributed by atoms with E-state index in [-0.39, 0.29) is 0 Å². The van der Waals surface area contributed by atoms with Crippen molar-refractivity contribution < 1.29 is 0 Å². The molecule has 0 radical (unpaired) electrons. The summed E-state index contributed by atoms with van der Waals surface area (Å²) in [5, 5.41) is 3.16. The molecule has 0 spiro atoms. The monoisotopic (exact) mass is 359 g/mol. The third-order valence-electron chi connectivity index (χ3n) is 4.65. The molecule has 0 aliphatic carbocycles. The van der Waals surface area contributed by atoms with E-state index < -0.39 is 0 Å². The summed E-state index contributed by atoms with van der Waals surface area (Å²) in [5.74, 6) is 6.65. The van der Waals surface area contributed by atoms with Gasteiger partial charge in [0, 0.05) is 36.8 Å². The van der Waals surface area contributed by atoms with Gasteiger partial charge in [0.15, 0.2) is 5.13 Å². The van der Waals surface area contributed by atoms with Crippen LogP contribution >= 0.6 is 11.3 Å². The van der Waals surface area contributed by atoms with Crippen molar-refractivity contribution in [2.75, 3.05) is 31.1 Å². The van der Waals surface area contributed by atoms with Crippen LogP contribution in [0, 0.1) is 11.8 Å². The maximum Gasteiger partial charge on any atom is 0.185 e. The lowest BCUT2D eigenvalue weighted by atomic mass is 10.0. The van der Waals surface area contributed by atoms with Gasteiger partial charge in [0.2, 0.25) is 0 Å². The Hall–Kier alpha value is -2.61. The number of hydrogen-bond acceptors (Lipinski definition) is 4. The number of thiazole rings is 1. The van der Waals surface area contributed by atoms with Gasteiger partial charge in [-0.25, -0.2) is 4.98 Å². The van der Waals surface area contributed by atoms with E-state index in [1.807, 2.05) is 29.8 Å². The van der Waals surface area contributed by atoms with E-state index >= 15 is 0 Å². The van der Waals surface area contributed by atoms with E-state index in [9.17, 15) is 0 Å². The van der Waals surface area contributed by atoms with E-state index in [2.05, 4.69) is 69.1 Å². The molecule has 2 heterocycles. The van der Waals surface area contributed by atoms with Gasteiger partial charge < -0.3 is 4.90 Å². The molecule has 1 fully saturated rings. The van der Waals surface area contributed by atoms with Crippen LogP contribution in [-0.4, -0.2) is 36.1 Å². The van der Waals surface area contributed by atoms with Gasteiger partial charge in [-0.15, -0.1) is 11.3 Å². The van der Waals surface area contributed by atoms with Crippen LogP contribution in [0.15, 0.2) is 72.2 Å². The number of benzene rings is 2. The molecule has 130 valence electrons. The zero-order valence-corrected chi connectivity index (χ0v) is 15.4. The van der Waals surface area contributed by atoms with Crippen molar-refractivity contribution in [1.82, 2.24) is 9.88 Å². The quantitative estimate of drug-likeness (QED) is 0.658. The zero-order valence-electron chi connectivity index (χ0n) is 14.6. The lowest BCUT2D eigenvalue weighted by Gasteiger charge is -2.40. The summed E-state index contributed by atoms with van der Waals surface area (Å²) in [6, 6.07) is 21.3. The fourth-order valence-electron chi connectivity index (χ4n) is 3.31. The Balaban J connectivity index is 1.52. The van der Waals surface area contributed by atoms with Crippen molar-refractivity contribution in [3.05, 3.63) is 83.4 Å². The van der Waals surface area contributed by atoms with Crippen molar-refractivity contribution in [2.24, 2.45) is 0 Å². The van der Waals surface area contributed by atoms with Crippen LogP contribution in [0.3, 0.4) is 0 Å². The second kappa shape index (κ2) is 8.18. The van der Waals surface area contributed by atoms with Gasteiger partial charge in [0.05, 0.1) is 12.6 Å². The molecular weight excluding hydrogens is 338 g/mol. The molecule has 1 aliphatic rings. The Morgan fingerprint density at radius 3 is 2.50 bits per heavy atom. The van der Waals surface area contributed by atoms with Crippen molar-refractivity contribution in [2.45, 2.75) is 6.04 Å². The van der Waals surface area contributed by atoms with Gasteiger partial charge in [-0.05, 0) is 17.7 Å². The molecule has 1 aliphatic heterocycles. The summed E-state index contributed by atoms with van der Waals surface area (Å²) in [7, 11) is 0. The van der Waals surface area contributed by atoms with Crippen molar-refractivity contribution in [3.8, 4) is 11.8 Å². The number of rotatable bonds is 3. The van der Waals surface area contributed by atoms with E-state index in [4.69, 9.17) is 0 Å². The fraction of sp³-hybridized carbons (Fsp3) is 0.227. The zero-order chi connectivity index (χ0) is 17.6. The highest BCUT2D eigenvalue weighted by molar-refractivity contribution is 7.13. The molecular formula is C22H21N3S. The van der Waals surface area contributed by atoms with Crippen LogP contribution in [0.1, 0.15) is 17.2 Å².